The number of pyridine rings is 1. The number of nitrogens with zero attached hydrogens (tertiary/aromatic N) is 4. The maximum Gasteiger partial charge on any atom is 0.244 e. The first-order chi connectivity index (χ1) is 10.0. The normalized spacial score (nSPS) is 16.8. The van der Waals surface area contributed by atoms with Crippen molar-refractivity contribution in [2.24, 2.45) is 0 Å². The first-order valence-corrected chi connectivity index (χ1v) is 8.23. The molecule has 114 valence electrons. The van der Waals surface area contributed by atoms with Gasteiger partial charge in [-0.05, 0) is 12.1 Å². The summed E-state index contributed by atoms with van der Waals surface area (Å²) in [6, 6.07) is 4.70. The van der Waals surface area contributed by atoms with Crippen molar-refractivity contribution in [2.45, 2.75) is 4.90 Å². The van der Waals surface area contributed by atoms with Gasteiger partial charge < -0.3 is 5.32 Å². The molecule has 1 aliphatic heterocycles. The Morgan fingerprint density at radius 1 is 1.43 bits per heavy atom. The number of aromatic nitrogens is 1. The van der Waals surface area contributed by atoms with E-state index >= 15 is 0 Å². The van der Waals surface area contributed by atoms with Gasteiger partial charge in [-0.2, -0.15) is 9.57 Å². The topological polar surface area (TPSA) is 89.3 Å². The lowest BCUT2D eigenvalue weighted by Gasteiger charge is -2.28. The summed E-state index contributed by atoms with van der Waals surface area (Å²) < 4.78 is 26.1. The molecule has 1 aromatic heterocycles. The Labute approximate surface area is 125 Å². The van der Waals surface area contributed by atoms with E-state index in [4.69, 9.17) is 5.26 Å². The maximum atomic E-state index is 12.4. The van der Waals surface area contributed by atoms with Crippen molar-refractivity contribution in [3.8, 4) is 6.07 Å². The molecule has 0 bridgehead atoms. The predicted molar refractivity (Wildman–Crippen MR) is 78.1 cm³/mol. The van der Waals surface area contributed by atoms with Gasteiger partial charge in [0.1, 0.15) is 16.7 Å². The van der Waals surface area contributed by atoms with Crippen LogP contribution < -0.4 is 5.32 Å². The van der Waals surface area contributed by atoms with Crippen LogP contribution in [0.1, 0.15) is 5.69 Å². The molecular formula is C13H19N5O2S. The van der Waals surface area contributed by atoms with Crippen LogP contribution in [0.5, 0.6) is 0 Å². The van der Waals surface area contributed by atoms with Gasteiger partial charge in [-0.1, -0.05) is 0 Å². The van der Waals surface area contributed by atoms with Crippen LogP contribution in [0, 0.1) is 11.3 Å². The molecule has 0 atom stereocenters. The molecule has 7 nitrogen and oxygen atoms in total. The number of hydrogen-bond acceptors (Lipinski definition) is 6. The smallest absolute Gasteiger partial charge is 0.244 e. The third-order valence-electron chi connectivity index (χ3n) is 3.50. The summed E-state index contributed by atoms with van der Waals surface area (Å²) in [5, 5.41) is 11.9. The summed E-state index contributed by atoms with van der Waals surface area (Å²) in [4.78, 5) is 6.16. The van der Waals surface area contributed by atoms with Crippen LogP contribution in [0.4, 0.5) is 0 Å². The average Bonchev–Trinajstić information content (AvgIpc) is 2.53. The van der Waals surface area contributed by atoms with E-state index in [1.54, 1.807) is 7.05 Å². The van der Waals surface area contributed by atoms with E-state index in [1.807, 2.05) is 6.07 Å². The summed E-state index contributed by atoms with van der Waals surface area (Å²) in [5.41, 5.74) is 0.206. The van der Waals surface area contributed by atoms with E-state index < -0.39 is 10.0 Å². The van der Waals surface area contributed by atoms with Gasteiger partial charge in [-0.3, -0.25) is 4.90 Å². The van der Waals surface area contributed by atoms with Crippen molar-refractivity contribution < 1.29 is 8.42 Å². The van der Waals surface area contributed by atoms with Gasteiger partial charge in [0.25, 0.3) is 0 Å². The molecule has 21 heavy (non-hydrogen) atoms. The van der Waals surface area contributed by atoms with Crippen molar-refractivity contribution in [1.82, 2.24) is 19.5 Å². The van der Waals surface area contributed by atoms with Gasteiger partial charge in [-0.15, -0.1) is 0 Å². The second-order valence-corrected chi connectivity index (χ2v) is 6.95. The fourth-order valence-corrected chi connectivity index (χ4v) is 3.22. The summed E-state index contributed by atoms with van der Waals surface area (Å²) in [7, 11) is -1.98. The van der Waals surface area contributed by atoms with Crippen LogP contribution in [-0.2, 0) is 10.0 Å². The van der Waals surface area contributed by atoms with Gasteiger partial charge in [0.05, 0.1) is 0 Å². The fraction of sp³-hybridized carbons (Fsp3) is 0.538. The summed E-state index contributed by atoms with van der Waals surface area (Å²) in [5.74, 6) is 0. The second-order valence-electron chi connectivity index (χ2n) is 4.91. The van der Waals surface area contributed by atoms with E-state index in [9.17, 15) is 8.42 Å². The zero-order valence-electron chi connectivity index (χ0n) is 12.0. The first kappa shape index (κ1) is 15.9. The zero-order valence-corrected chi connectivity index (χ0v) is 12.8. The molecule has 1 fully saturated rings. The van der Waals surface area contributed by atoms with Crippen molar-refractivity contribution in [3.63, 3.8) is 0 Å². The maximum absolute atomic E-state index is 12.4. The number of piperazine rings is 1. The molecule has 1 aliphatic rings. The molecule has 0 saturated carbocycles. The van der Waals surface area contributed by atoms with E-state index in [1.165, 1.54) is 22.6 Å². The number of nitriles is 1. The van der Waals surface area contributed by atoms with Gasteiger partial charge >= 0.3 is 0 Å². The highest BCUT2D eigenvalue weighted by atomic mass is 32.2. The van der Waals surface area contributed by atoms with Gasteiger partial charge in [0.2, 0.25) is 10.0 Å². The van der Waals surface area contributed by atoms with E-state index in [0.29, 0.717) is 13.1 Å². The van der Waals surface area contributed by atoms with Gasteiger partial charge in [0.15, 0.2) is 0 Å². The van der Waals surface area contributed by atoms with Crippen LogP contribution in [0.15, 0.2) is 23.2 Å². The first-order valence-electron chi connectivity index (χ1n) is 6.79. The Balaban J connectivity index is 1.98. The molecule has 0 radical (unpaired) electrons. The van der Waals surface area contributed by atoms with E-state index in [-0.39, 0.29) is 10.6 Å². The highest BCUT2D eigenvalue weighted by Gasteiger charge is 2.22. The summed E-state index contributed by atoms with van der Waals surface area (Å²) in [6.45, 7) is 4.90. The number of nitrogens with one attached hydrogen (secondary N) is 1. The molecule has 1 N–H and O–H groups in total. The van der Waals surface area contributed by atoms with Crippen molar-refractivity contribution in [2.75, 3.05) is 46.3 Å². The van der Waals surface area contributed by atoms with Gasteiger partial charge in [0, 0.05) is 52.5 Å². The zero-order chi connectivity index (χ0) is 15.3. The minimum atomic E-state index is -3.55. The van der Waals surface area contributed by atoms with Crippen molar-refractivity contribution in [1.29, 1.82) is 5.26 Å². The minimum absolute atomic E-state index is 0.115. The van der Waals surface area contributed by atoms with Crippen LogP contribution >= 0.6 is 0 Å². The molecule has 1 aromatic rings. The third-order valence-corrected chi connectivity index (χ3v) is 5.34. The highest BCUT2D eigenvalue weighted by Crippen LogP contribution is 2.13. The molecular weight excluding hydrogens is 290 g/mol. The fourth-order valence-electron chi connectivity index (χ4n) is 2.12. The lowest BCUT2D eigenvalue weighted by atomic mass is 10.3. The van der Waals surface area contributed by atoms with Crippen LogP contribution in [-0.4, -0.2) is 68.9 Å². The van der Waals surface area contributed by atoms with Gasteiger partial charge in [-0.25, -0.2) is 13.4 Å². The lowest BCUT2D eigenvalue weighted by Crippen LogP contribution is -2.46. The Morgan fingerprint density at radius 2 is 2.14 bits per heavy atom. The number of hydrogen-bond donors (Lipinski definition) is 1. The lowest BCUT2D eigenvalue weighted by molar-refractivity contribution is 0.229. The standard InChI is InChI=1S/C13H19N5O2S/c1-17(8-9-18-6-4-15-5-7-18)21(19,20)13-3-2-12(10-14)16-11-13/h2-3,11,15H,4-9H2,1H3. The second kappa shape index (κ2) is 6.95. The van der Waals surface area contributed by atoms with Crippen LogP contribution in [0.2, 0.25) is 0 Å². The Kier molecular flexibility index (Phi) is 5.25. The Hall–Kier alpha value is -1.53. The van der Waals surface area contributed by atoms with Crippen molar-refractivity contribution >= 4 is 10.0 Å². The largest absolute Gasteiger partial charge is 0.314 e. The molecule has 0 spiro atoms. The minimum Gasteiger partial charge on any atom is -0.314 e. The SMILES string of the molecule is CN(CCN1CCNCC1)S(=O)(=O)c1ccc(C#N)nc1. The molecule has 0 aliphatic carbocycles. The molecule has 1 saturated heterocycles. The Bertz CT molecular complexity index is 602. The highest BCUT2D eigenvalue weighted by molar-refractivity contribution is 7.89. The molecule has 0 amide bonds. The molecule has 8 heteroatoms. The third kappa shape index (κ3) is 3.98. The molecule has 2 rings (SSSR count). The monoisotopic (exact) mass is 309 g/mol. The average molecular weight is 309 g/mol. The molecule has 0 unspecified atom stereocenters. The van der Waals surface area contributed by atoms with Crippen molar-refractivity contribution in [3.05, 3.63) is 24.0 Å². The quantitative estimate of drug-likeness (QED) is 0.787. The number of rotatable bonds is 5. The number of likely N-dealkylation sites (N-methyl/N-ethyl adjacent to an activating group) is 1. The predicted octanol–water partition coefficient (Wildman–Crippen LogP) is -0.521. The molecule has 2 heterocycles. The molecule has 0 aromatic carbocycles. The van der Waals surface area contributed by atoms with Crippen LogP contribution in [0.3, 0.4) is 0 Å². The van der Waals surface area contributed by atoms with Crippen LogP contribution in [0.25, 0.3) is 0 Å². The summed E-state index contributed by atoms with van der Waals surface area (Å²) >= 11 is 0. The Morgan fingerprint density at radius 3 is 2.71 bits per heavy atom. The van der Waals surface area contributed by atoms with E-state index in [2.05, 4.69) is 15.2 Å². The van der Waals surface area contributed by atoms with E-state index in [0.717, 1.165) is 26.2 Å². The summed E-state index contributed by atoms with van der Waals surface area (Å²) in [6.07, 6.45) is 1.23. The number of sulfonamides is 1.